The van der Waals surface area contributed by atoms with Crippen molar-refractivity contribution in [2.24, 2.45) is 0 Å². The molecule has 0 spiro atoms. The van der Waals surface area contributed by atoms with Gasteiger partial charge in [-0.25, -0.2) is 0 Å². The summed E-state index contributed by atoms with van der Waals surface area (Å²) in [7, 11) is -1.95. The molecule has 1 aliphatic heterocycles. The summed E-state index contributed by atoms with van der Waals surface area (Å²) in [6.07, 6.45) is 2.97. The quantitative estimate of drug-likeness (QED) is 0.748. The number of amides is 1. The smallest absolute Gasteiger partial charge is 0.254 e. The second kappa shape index (κ2) is 5.59. The van der Waals surface area contributed by atoms with Gasteiger partial charge in [0.25, 0.3) is 5.91 Å². The number of carbonyl (C=O) groups is 2. The summed E-state index contributed by atoms with van der Waals surface area (Å²) in [5.74, 6) is 0.00981. The molecule has 1 amide bonds. The molecule has 19 heavy (non-hydrogen) atoms. The normalized spacial score (nSPS) is 18.6. The fourth-order valence-electron chi connectivity index (χ4n) is 1.65. The van der Waals surface area contributed by atoms with Crippen molar-refractivity contribution in [2.45, 2.75) is 58.4 Å². The number of nitrogens with zero attached hydrogens (tertiary/aromatic N) is 1. The average Bonchev–Trinajstić information content (AvgIpc) is 2.27. The van der Waals surface area contributed by atoms with Crippen LogP contribution in [-0.4, -0.2) is 37.6 Å². The maximum absolute atomic E-state index is 12.3. The van der Waals surface area contributed by atoms with Gasteiger partial charge in [0.2, 0.25) is 0 Å². The summed E-state index contributed by atoms with van der Waals surface area (Å²) in [5.41, 5.74) is 0. The molecule has 1 aliphatic rings. The largest absolute Gasteiger partial charge is 0.405 e. The Morgan fingerprint density at radius 2 is 2.00 bits per heavy atom. The van der Waals surface area contributed by atoms with Crippen LogP contribution in [0.2, 0.25) is 18.1 Å². The molecule has 0 saturated carbocycles. The molecule has 1 rings (SSSR count). The van der Waals surface area contributed by atoms with E-state index in [1.54, 1.807) is 18.0 Å². The summed E-state index contributed by atoms with van der Waals surface area (Å²) < 4.78 is 6.07. The van der Waals surface area contributed by atoms with Crippen molar-refractivity contribution in [1.82, 2.24) is 4.90 Å². The molecule has 0 aromatic heterocycles. The van der Waals surface area contributed by atoms with Crippen LogP contribution in [0.1, 0.15) is 34.1 Å². The molecule has 0 saturated heterocycles. The van der Waals surface area contributed by atoms with Gasteiger partial charge in [0.05, 0.1) is 0 Å². The van der Waals surface area contributed by atoms with Crippen molar-refractivity contribution in [3.8, 4) is 0 Å². The molecular weight excluding hydrogens is 258 g/mol. The Labute approximate surface area is 116 Å². The number of ketones is 1. The Morgan fingerprint density at radius 3 is 2.42 bits per heavy atom. The Morgan fingerprint density at radius 1 is 1.42 bits per heavy atom. The molecule has 0 N–H and O–H groups in total. The van der Waals surface area contributed by atoms with Gasteiger partial charge in [-0.05, 0) is 31.1 Å². The first-order valence-electron chi connectivity index (χ1n) is 6.74. The van der Waals surface area contributed by atoms with Crippen LogP contribution in [0.15, 0.2) is 12.3 Å². The molecule has 0 aromatic rings. The molecule has 0 bridgehead atoms. The Bertz CT molecular complexity index is 396. The van der Waals surface area contributed by atoms with Crippen LogP contribution in [-0.2, 0) is 14.0 Å². The molecule has 5 heteroatoms. The molecule has 1 unspecified atom stereocenters. The maximum Gasteiger partial charge on any atom is 0.254 e. The van der Waals surface area contributed by atoms with E-state index in [9.17, 15) is 9.59 Å². The minimum atomic E-state index is -1.95. The molecule has 108 valence electrons. The van der Waals surface area contributed by atoms with E-state index in [0.717, 1.165) is 0 Å². The molecule has 0 fully saturated rings. The molecule has 0 aromatic carbocycles. The first-order valence-corrected chi connectivity index (χ1v) is 9.65. The van der Waals surface area contributed by atoms with Gasteiger partial charge >= 0.3 is 0 Å². The van der Waals surface area contributed by atoms with Crippen molar-refractivity contribution in [3.63, 3.8) is 0 Å². The van der Waals surface area contributed by atoms with Gasteiger partial charge in [-0.1, -0.05) is 20.8 Å². The fourth-order valence-corrected chi connectivity index (χ4v) is 2.99. The van der Waals surface area contributed by atoms with Gasteiger partial charge in [-0.3, -0.25) is 9.59 Å². The Balaban J connectivity index is 2.68. The van der Waals surface area contributed by atoms with Crippen molar-refractivity contribution >= 4 is 20.0 Å². The lowest BCUT2D eigenvalue weighted by atomic mass is 10.2. The molecule has 0 aliphatic carbocycles. The first-order chi connectivity index (χ1) is 8.54. The molecule has 1 heterocycles. The molecular formula is C14H25NO3Si. The third-order valence-corrected chi connectivity index (χ3v) is 8.50. The highest BCUT2D eigenvalue weighted by Gasteiger charge is 2.40. The topological polar surface area (TPSA) is 46.6 Å². The van der Waals surface area contributed by atoms with E-state index in [4.69, 9.17) is 4.43 Å². The van der Waals surface area contributed by atoms with Gasteiger partial charge in [-0.15, -0.1) is 0 Å². The van der Waals surface area contributed by atoms with E-state index in [2.05, 4.69) is 33.9 Å². The number of hydrogen-bond acceptors (Lipinski definition) is 3. The highest BCUT2D eigenvalue weighted by atomic mass is 28.4. The lowest BCUT2D eigenvalue weighted by molar-refractivity contribution is -0.136. The number of rotatable bonds is 3. The van der Waals surface area contributed by atoms with E-state index in [1.807, 2.05) is 0 Å². The molecule has 4 nitrogen and oxygen atoms in total. The zero-order valence-electron chi connectivity index (χ0n) is 12.8. The van der Waals surface area contributed by atoms with E-state index in [1.165, 1.54) is 6.08 Å². The highest BCUT2D eigenvalue weighted by Crippen LogP contribution is 2.37. The second-order valence-electron chi connectivity index (χ2n) is 6.58. The van der Waals surface area contributed by atoms with E-state index >= 15 is 0 Å². The van der Waals surface area contributed by atoms with Crippen LogP contribution >= 0.6 is 0 Å². The van der Waals surface area contributed by atoms with E-state index < -0.39 is 14.4 Å². The van der Waals surface area contributed by atoms with Gasteiger partial charge in [0, 0.05) is 19.2 Å². The van der Waals surface area contributed by atoms with Gasteiger partial charge in [-0.2, -0.15) is 0 Å². The summed E-state index contributed by atoms with van der Waals surface area (Å²) >= 11 is 0. The zero-order chi connectivity index (χ0) is 14.8. The number of carbonyl (C=O) groups excluding carboxylic acids is 2. The lowest BCUT2D eigenvalue weighted by Crippen LogP contribution is -2.48. The Hall–Kier alpha value is -0.943. The van der Waals surface area contributed by atoms with Crippen LogP contribution in [0.25, 0.3) is 0 Å². The standard InChI is InChI=1S/C14H25NO3Si/c1-11(18-19(5,6)14(2,3)4)13(17)15-9-7-12(16)8-10-15/h7,9,11H,8,10H2,1-6H3. The lowest BCUT2D eigenvalue weighted by Gasteiger charge is -2.38. The Kier molecular flexibility index (Phi) is 4.74. The molecule has 1 atom stereocenters. The van der Waals surface area contributed by atoms with Crippen LogP contribution in [0.3, 0.4) is 0 Å². The average molecular weight is 283 g/mol. The van der Waals surface area contributed by atoms with Gasteiger partial charge in [0.1, 0.15) is 6.10 Å². The highest BCUT2D eigenvalue weighted by molar-refractivity contribution is 6.74. The summed E-state index contributed by atoms with van der Waals surface area (Å²) in [6, 6.07) is 0. The minimum absolute atomic E-state index is 0.0615. The van der Waals surface area contributed by atoms with Gasteiger partial charge in [0.15, 0.2) is 14.1 Å². The van der Waals surface area contributed by atoms with Gasteiger partial charge < -0.3 is 9.33 Å². The van der Waals surface area contributed by atoms with Crippen LogP contribution in [0.4, 0.5) is 0 Å². The predicted octanol–water partition coefficient (Wildman–Crippen LogP) is 2.71. The summed E-state index contributed by atoms with van der Waals surface area (Å²) in [5, 5.41) is 0.0786. The predicted molar refractivity (Wildman–Crippen MR) is 78.2 cm³/mol. The summed E-state index contributed by atoms with van der Waals surface area (Å²) in [4.78, 5) is 25.0. The van der Waals surface area contributed by atoms with Crippen LogP contribution < -0.4 is 0 Å². The second-order valence-corrected chi connectivity index (χ2v) is 11.3. The fraction of sp³-hybridized carbons (Fsp3) is 0.714. The van der Waals surface area contributed by atoms with E-state index in [-0.39, 0.29) is 16.7 Å². The van der Waals surface area contributed by atoms with Crippen molar-refractivity contribution in [2.75, 3.05) is 6.54 Å². The van der Waals surface area contributed by atoms with Crippen molar-refractivity contribution < 1.29 is 14.0 Å². The monoisotopic (exact) mass is 283 g/mol. The van der Waals surface area contributed by atoms with E-state index in [0.29, 0.717) is 13.0 Å². The zero-order valence-corrected chi connectivity index (χ0v) is 13.8. The van der Waals surface area contributed by atoms with Crippen molar-refractivity contribution in [1.29, 1.82) is 0 Å². The first kappa shape index (κ1) is 16.1. The molecule has 0 radical (unpaired) electrons. The van der Waals surface area contributed by atoms with Crippen LogP contribution in [0.5, 0.6) is 0 Å². The third-order valence-electron chi connectivity index (χ3n) is 3.95. The van der Waals surface area contributed by atoms with Crippen LogP contribution in [0, 0.1) is 0 Å². The number of hydrogen-bond donors (Lipinski definition) is 0. The maximum atomic E-state index is 12.3. The number of allylic oxidation sites excluding steroid dienone is 1. The van der Waals surface area contributed by atoms with Crippen molar-refractivity contribution in [3.05, 3.63) is 12.3 Å². The summed E-state index contributed by atoms with van der Waals surface area (Å²) in [6.45, 7) is 13.0. The third kappa shape index (κ3) is 4.01. The minimum Gasteiger partial charge on any atom is -0.405 e. The SMILES string of the molecule is CC(O[Si](C)(C)C(C)(C)C)C(=O)N1C=CC(=O)CC1.